The number of hydrogen-bond acceptors (Lipinski definition) is 2. The van der Waals surface area contributed by atoms with Gasteiger partial charge in [0, 0.05) is 5.54 Å². The maximum atomic E-state index is 5.95. The van der Waals surface area contributed by atoms with Gasteiger partial charge in [0.25, 0.3) is 0 Å². The maximum absolute atomic E-state index is 5.95. The zero-order valence-electron chi connectivity index (χ0n) is 12.4. The zero-order chi connectivity index (χ0) is 14.8. The van der Waals surface area contributed by atoms with Gasteiger partial charge in [-0.2, -0.15) is 0 Å². The van der Waals surface area contributed by atoms with Gasteiger partial charge in [-0.15, -0.1) is 0 Å². The van der Waals surface area contributed by atoms with Gasteiger partial charge in [-0.05, 0) is 45.1 Å². The molecule has 0 fully saturated rings. The molecule has 0 unspecified atom stereocenters. The van der Waals surface area contributed by atoms with Crippen LogP contribution < -0.4 is 9.64 Å². The third-order valence-corrected chi connectivity index (χ3v) is 3.07. The number of benzene rings is 1. The smallest absolute Gasteiger partial charge is 0.151 e. The van der Waals surface area contributed by atoms with E-state index in [9.17, 15) is 0 Å². The van der Waals surface area contributed by atoms with Crippen LogP contribution in [0.15, 0.2) is 73.2 Å². The van der Waals surface area contributed by atoms with E-state index in [1.807, 2.05) is 30.4 Å². The summed E-state index contributed by atoms with van der Waals surface area (Å²) in [6.07, 6.45) is 7.42. The molecular formula is C18H21NO. The van der Waals surface area contributed by atoms with Crippen molar-refractivity contribution in [3.63, 3.8) is 0 Å². The van der Waals surface area contributed by atoms with Crippen molar-refractivity contribution in [1.29, 1.82) is 0 Å². The van der Waals surface area contributed by atoms with Gasteiger partial charge < -0.3 is 9.64 Å². The molecule has 0 saturated carbocycles. The molecule has 0 N–H and O–H groups in total. The highest BCUT2D eigenvalue weighted by Crippen LogP contribution is 2.42. The zero-order valence-corrected chi connectivity index (χ0v) is 12.4. The number of para-hydroxylation sites is 2. The summed E-state index contributed by atoms with van der Waals surface area (Å²) in [6, 6.07) is 8.05. The van der Waals surface area contributed by atoms with Crippen LogP contribution in [0.2, 0.25) is 0 Å². The van der Waals surface area contributed by atoms with Gasteiger partial charge >= 0.3 is 0 Å². The van der Waals surface area contributed by atoms with Crippen LogP contribution in [0.1, 0.15) is 20.8 Å². The molecule has 0 atom stereocenters. The van der Waals surface area contributed by atoms with E-state index in [1.165, 1.54) is 0 Å². The molecule has 104 valence electrons. The number of nitrogens with zero attached hydrogens (tertiary/aromatic N) is 1. The van der Waals surface area contributed by atoms with Crippen LogP contribution in [0.5, 0.6) is 5.75 Å². The fourth-order valence-corrected chi connectivity index (χ4v) is 2.32. The van der Waals surface area contributed by atoms with Gasteiger partial charge in [0.1, 0.15) is 0 Å². The summed E-state index contributed by atoms with van der Waals surface area (Å²) < 4.78 is 5.95. The predicted octanol–water partition coefficient (Wildman–Crippen LogP) is 4.82. The van der Waals surface area contributed by atoms with Crippen molar-refractivity contribution in [1.82, 2.24) is 0 Å². The molecule has 0 spiro atoms. The Labute approximate surface area is 121 Å². The van der Waals surface area contributed by atoms with E-state index in [2.05, 4.69) is 44.9 Å². The predicted molar refractivity (Wildman–Crippen MR) is 85.9 cm³/mol. The molecule has 1 heterocycles. The van der Waals surface area contributed by atoms with E-state index < -0.39 is 0 Å². The molecule has 20 heavy (non-hydrogen) atoms. The highest BCUT2D eigenvalue weighted by atomic mass is 16.5. The van der Waals surface area contributed by atoms with Crippen molar-refractivity contribution < 1.29 is 4.74 Å². The first-order valence-electron chi connectivity index (χ1n) is 6.72. The van der Waals surface area contributed by atoms with Crippen LogP contribution in [0, 0.1) is 0 Å². The van der Waals surface area contributed by atoms with E-state index in [4.69, 9.17) is 4.74 Å². The number of fused-ring (bicyclic) bond motifs is 1. The second-order valence-corrected chi connectivity index (χ2v) is 5.62. The molecule has 1 aromatic carbocycles. The fourth-order valence-electron chi connectivity index (χ4n) is 2.32. The molecule has 0 aromatic heterocycles. The Hall–Kier alpha value is -2.22. The summed E-state index contributed by atoms with van der Waals surface area (Å²) in [4.78, 5) is 2.27. The van der Waals surface area contributed by atoms with E-state index in [-0.39, 0.29) is 5.54 Å². The third kappa shape index (κ3) is 2.55. The molecule has 0 bridgehead atoms. The lowest BCUT2D eigenvalue weighted by molar-refractivity contribution is 0.408. The van der Waals surface area contributed by atoms with Crippen molar-refractivity contribution in [2.45, 2.75) is 26.3 Å². The molecular weight excluding hydrogens is 246 g/mol. The summed E-state index contributed by atoms with van der Waals surface area (Å²) >= 11 is 0. The van der Waals surface area contributed by atoms with E-state index in [1.54, 1.807) is 12.2 Å². The van der Waals surface area contributed by atoms with Crippen molar-refractivity contribution in [3.05, 3.63) is 73.2 Å². The Balaban J connectivity index is 2.66. The second-order valence-electron chi connectivity index (χ2n) is 5.62. The monoisotopic (exact) mass is 267 g/mol. The molecule has 2 heteroatoms. The Morgan fingerprint density at radius 3 is 2.45 bits per heavy atom. The first-order chi connectivity index (χ1) is 9.49. The minimum Gasteiger partial charge on any atom is -0.453 e. The van der Waals surface area contributed by atoms with Crippen molar-refractivity contribution in [2.75, 3.05) is 4.90 Å². The first kappa shape index (κ1) is 14.2. The maximum Gasteiger partial charge on any atom is 0.151 e. The van der Waals surface area contributed by atoms with Crippen LogP contribution in [0.3, 0.4) is 0 Å². The normalized spacial score (nSPS) is 15.1. The standard InChI is InChI=1S/C18H21NO/c1-6-8-11-14-16(7-2)20-17-13-10-9-12-15(17)19(14)18(3,4)5/h6-13H,1-2H2,3-5H3/b11-8-. The number of allylic oxidation sites excluding steroid dienone is 4. The van der Waals surface area contributed by atoms with Crippen molar-refractivity contribution in [2.24, 2.45) is 0 Å². The largest absolute Gasteiger partial charge is 0.453 e. The van der Waals surface area contributed by atoms with E-state index in [0.717, 1.165) is 22.9 Å². The summed E-state index contributed by atoms with van der Waals surface area (Å²) in [5.74, 6) is 1.62. The van der Waals surface area contributed by atoms with Crippen LogP contribution in [-0.2, 0) is 0 Å². The summed E-state index contributed by atoms with van der Waals surface area (Å²) in [5.41, 5.74) is 1.98. The van der Waals surface area contributed by atoms with Gasteiger partial charge in [-0.3, -0.25) is 0 Å². The molecule has 1 aliphatic heterocycles. The minimum absolute atomic E-state index is 0.0744. The van der Waals surface area contributed by atoms with E-state index in [0.29, 0.717) is 0 Å². The number of rotatable bonds is 3. The highest BCUT2D eigenvalue weighted by Gasteiger charge is 2.31. The molecule has 0 radical (unpaired) electrons. The summed E-state index contributed by atoms with van der Waals surface area (Å²) in [6.45, 7) is 14.1. The summed E-state index contributed by atoms with van der Waals surface area (Å²) in [5, 5.41) is 0. The number of hydrogen-bond donors (Lipinski definition) is 0. The molecule has 0 saturated heterocycles. The molecule has 2 rings (SSSR count). The quantitative estimate of drug-likeness (QED) is 0.728. The highest BCUT2D eigenvalue weighted by molar-refractivity contribution is 5.69. The first-order valence-corrected chi connectivity index (χ1v) is 6.72. The lowest BCUT2D eigenvalue weighted by Gasteiger charge is -2.42. The van der Waals surface area contributed by atoms with Gasteiger partial charge in [0.15, 0.2) is 11.5 Å². The molecule has 0 amide bonds. The Morgan fingerprint density at radius 1 is 1.15 bits per heavy atom. The molecule has 1 aliphatic rings. The molecule has 0 aliphatic carbocycles. The molecule has 1 aromatic rings. The summed E-state index contributed by atoms with van der Waals surface area (Å²) in [7, 11) is 0. The number of anilines is 1. The lowest BCUT2D eigenvalue weighted by atomic mass is 10.0. The van der Waals surface area contributed by atoms with Crippen LogP contribution in [-0.4, -0.2) is 5.54 Å². The Morgan fingerprint density at radius 2 is 1.85 bits per heavy atom. The minimum atomic E-state index is -0.0744. The lowest BCUT2D eigenvalue weighted by Crippen LogP contribution is -2.42. The van der Waals surface area contributed by atoms with Gasteiger partial charge in [0.2, 0.25) is 0 Å². The fraction of sp³-hybridized carbons (Fsp3) is 0.222. The average molecular weight is 267 g/mol. The Bertz CT molecular complexity index is 588. The van der Waals surface area contributed by atoms with Gasteiger partial charge in [-0.1, -0.05) is 37.4 Å². The second kappa shape index (κ2) is 5.41. The topological polar surface area (TPSA) is 12.5 Å². The van der Waals surface area contributed by atoms with Crippen LogP contribution in [0.25, 0.3) is 0 Å². The van der Waals surface area contributed by atoms with Crippen LogP contribution >= 0.6 is 0 Å². The Kier molecular flexibility index (Phi) is 3.84. The van der Waals surface area contributed by atoms with Crippen LogP contribution in [0.4, 0.5) is 5.69 Å². The van der Waals surface area contributed by atoms with E-state index >= 15 is 0 Å². The molecule has 2 nitrogen and oxygen atoms in total. The van der Waals surface area contributed by atoms with Crippen molar-refractivity contribution >= 4 is 5.69 Å². The van der Waals surface area contributed by atoms with Gasteiger partial charge in [0.05, 0.1) is 11.4 Å². The van der Waals surface area contributed by atoms with Crippen molar-refractivity contribution in [3.8, 4) is 5.75 Å². The van der Waals surface area contributed by atoms with Gasteiger partial charge in [-0.25, -0.2) is 0 Å². The number of ether oxygens (including phenoxy) is 1. The average Bonchev–Trinajstić information content (AvgIpc) is 2.42. The SMILES string of the molecule is C=C/C=C\C1=C(C=C)Oc2ccccc2N1C(C)(C)C. The third-order valence-electron chi connectivity index (χ3n) is 3.07.